The minimum atomic E-state index is 1.10. The molecule has 0 bridgehead atoms. The van der Waals surface area contributed by atoms with Crippen molar-refractivity contribution >= 4 is 38.9 Å². The lowest BCUT2D eigenvalue weighted by atomic mass is 9.99. The van der Waals surface area contributed by atoms with Crippen LogP contribution in [0.4, 0.5) is 17.1 Å². The summed E-state index contributed by atoms with van der Waals surface area (Å²) in [5, 5.41) is 2.43. The molecule has 0 saturated heterocycles. The van der Waals surface area contributed by atoms with E-state index >= 15 is 0 Å². The summed E-state index contributed by atoms with van der Waals surface area (Å²) in [5.74, 6) is 0. The molecule has 51 heavy (non-hydrogen) atoms. The minimum absolute atomic E-state index is 1.10. The molecular weight excluding hydrogens is 617 g/mol. The summed E-state index contributed by atoms with van der Waals surface area (Å²) in [7, 11) is 0. The van der Waals surface area contributed by atoms with E-state index in [-0.39, 0.29) is 0 Å². The van der Waals surface area contributed by atoms with Crippen molar-refractivity contribution in [1.82, 2.24) is 4.57 Å². The molecule has 1 heterocycles. The second-order valence-electron chi connectivity index (χ2n) is 13.0. The molecule has 0 spiro atoms. The summed E-state index contributed by atoms with van der Waals surface area (Å²) in [6.07, 6.45) is 0. The smallest absolute Gasteiger partial charge is 0.0562 e. The molecule has 0 aliphatic carbocycles. The molecule has 0 radical (unpaired) electrons. The number of fused-ring (bicyclic) bond motifs is 3. The fourth-order valence-corrected chi connectivity index (χ4v) is 7.51. The molecule has 0 aliphatic heterocycles. The molecule has 0 saturated carbocycles. The first-order valence-electron chi connectivity index (χ1n) is 17.5. The number of aromatic nitrogens is 1. The van der Waals surface area contributed by atoms with Crippen molar-refractivity contribution in [2.75, 3.05) is 4.90 Å². The first-order valence-corrected chi connectivity index (χ1v) is 17.5. The van der Waals surface area contributed by atoms with Crippen LogP contribution in [0.3, 0.4) is 0 Å². The molecule has 2 heteroatoms. The Hall–Kier alpha value is -6.64. The Balaban J connectivity index is 1.28. The molecule has 2 nitrogen and oxygen atoms in total. The van der Waals surface area contributed by atoms with Gasteiger partial charge in [-0.1, -0.05) is 152 Å². The highest BCUT2D eigenvalue weighted by molar-refractivity contribution is 6.17. The fraction of sp³-hybridized carbons (Fsp3) is 0.0204. The molecule has 9 rings (SSSR count). The number of hydrogen-bond donors (Lipinski definition) is 0. The normalized spacial score (nSPS) is 11.2. The zero-order valence-electron chi connectivity index (χ0n) is 28.4. The van der Waals surface area contributed by atoms with Crippen molar-refractivity contribution in [3.05, 3.63) is 206 Å². The quantitative estimate of drug-likeness (QED) is 0.166. The highest BCUT2D eigenvalue weighted by atomic mass is 15.1. The Morgan fingerprint density at radius 3 is 1.49 bits per heavy atom. The molecule has 0 atom stereocenters. The van der Waals surface area contributed by atoms with Gasteiger partial charge in [0.1, 0.15) is 0 Å². The highest BCUT2D eigenvalue weighted by Gasteiger charge is 2.22. The maximum atomic E-state index is 2.45. The van der Waals surface area contributed by atoms with Gasteiger partial charge in [0.25, 0.3) is 0 Å². The third-order valence-electron chi connectivity index (χ3n) is 9.96. The van der Waals surface area contributed by atoms with Gasteiger partial charge in [-0.05, 0) is 88.8 Å². The van der Waals surface area contributed by atoms with Crippen molar-refractivity contribution in [3.8, 4) is 39.1 Å². The molecule has 0 amide bonds. The molecule has 0 unspecified atom stereocenters. The molecule has 9 aromatic rings. The van der Waals surface area contributed by atoms with E-state index in [1.807, 2.05) is 0 Å². The van der Waals surface area contributed by atoms with E-state index in [1.54, 1.807) is 0 Å². The third kappa shape index (κ3) is 5.48. The van der Waals surface area contributed by atoms with Gasteiger partial charge in [0.05, 0.1) is 22.4 Å². The van der Waals surface area contributed by atoms with Crippen LogP contribution >= 0.6 is 0 Å². The Morgan fingerprint density at radius 1 is 0.373 bits per heavy atom. The van der Waals surface area contributed by atoms with E-state index in [9.17, 15) is 0 Å². The summed E-state index contributed by atoms with van der Waals surface area (Å²) in [6.45, 7) is 2.19. The van der Waals surface area contributed by atoms with Crippen molar-refractivity contribution in [3.63, 3.8) is 0 Å². The molecular formula is C49H36N2. The van der Waals surface area contributed by atoms with Crippen LogP contribution in [0.1, 0.15) is 5.56 Å². The van der Waals surface area contributed by atoms with Crippen LogP contribution < -0.4 is 4.90 Å². The van der Waals surface area contributed by atoms with Gasteiger partial charge < -0.3 is 9.47 Å². The summed E-state index contributed by atoms with van der Waals surface area (Å²) >= 11 is 0. The molecule has 0 aliphatic rings. The highest BCUT2D eigenvalue weighted by Crippen LogP contribution is 2.45. The van der Waals surface area contributed by atoms with Crippen LogP contribution in [0.2, 0.25) is 0 Å². The Morgan fingerprint density at radius 2 is 0.863 bits per heavy atom. The van der Waals surface area contributed by atoms with Gasteiger partial charge >= 0.3 is 0 Å². The second kappa shape index (κ2) is 13.0. The third-order valence-corrected chi connectivity index (χ3v) is 9.96. The first kappa shape index (κ1) is 30.4. The number of rotatable bonds is 7. The van der Waals surface area contributed by atoms with E-state index < -0.39 is 0 Å². The summed E-state index contributed by atoms with van der Waals surface area (Å²) < 4.78 is 2.45. The van der Waals surface area contributed by atoms with E-state index in [2.05, 4.69) is 217 Å². The van der Waals surface area contributed by atoms with Crippen LogP contribution in [-0.2, 0) is 0 Å². The minimum Gasteiger partial charge on any atom is -0.310 e. The topological polar surface area (TPSA) is 8.17 Å². The lowest BCUT2D eigenvalue weighted by molar-refractivity contribution is 1.18. The van der Waals surface area contributed by atoms with Crippen molar-refractivity contribution in [1.29, 1.82) is 0 Å². The van der Waals surface area contributed by atoms with Crippen LogP contribution in [0.15, 0.2) is 200 Å². The average molecular weight is 653 g/mol. The standard InChI is InChI=1S/C49H36N2/c1-35-15-8-9-20-42(35)43-21-10-12-23-45(43)51-46-24-13-11-22-44(46)49-47(25-14-26-48(49)51)50(40-31-27-38(28-32-40)36-16-4-2-5-17-36)41-33-29-39(30-34-41)37-18-6-3-7-19-37/h2-34H,1H3. The second-order valence-corrected chi connectivity index (χ2v) is 13.0. The van der Waals surface area contributed by atoms with E-state index in [1.165, 1.54) is 66.4 Å². The summed E-state index contributed by atoms with van der Waals surface area (Å²) in [4.78, 5) is 2.41. The zero-order chi connectivity index (χ0) is 34.1. The molecule has 1 aromatic heterocycles. The van der Waals surface area contributed by atoms with Crippen LogP contribution in [-0.4, -0.2) is 4.57 Å². The maximum absolute atomic E-state index is 2.45. The predicted octanol–water partition coefficient (Wildman–Crippen LogP) is 13.6. The molecule has 8 aromatic carbocycles. The van der Waals surface area contributed by atoms with E-state index in [0.717, 1.165) is 17.1 Å². The van der Waals surface area contributed by atoms with Crippen molar-refractivity contribution in [2.45, 2.75) is 6.92 Å². The van der Waals surface area contributed by atoms with Gasteiger partial charge in [-0.2, -0.15) is 0 Å². The number of benzene rings is 8. The number of para-hydroxylation sites is 2. The van der Waals surface area contributed by atoms with Crippen molar-refractivity contribution < 1.29 is 0 Å². The Bertz CT molecular complexity index is 2530. The van der Waals surface area contributed by atoms with Gasteiger partial charge in [-0.25, -0.2) is 0 Å². The van der Waals surface area contributed by atoms with Gasteiger partial charge in [0.2, 0.25) is 0 Å². The zero-order valence-corrected chi connectivity index (χ0v) is 28.4. The lowest BCUT2D eigenvalue weighted by Crippen LogP contribution is -2.10. The van der Waals surface area contributed by atoms with Crippen LogP contribution in [0, 0.1) is 6.92 Å². The van der Waals surface area contributed by atoms with Crippen LogP contribution in [0.5, 0.6) is 0 Å². The Kier molecular flexibility index (Phi) is 7.75. The largest absolute Gasteiger partial charge is 0.310 e. The SMILES string of the molecule is Cc1ccccc1-c1ccccc1-n1c2ccccc2c2c(N(c3ccc(-c4ccccc4)cc3)c3ccc(-c4ccccc4)cc3)cccc21. The average Bonchev–Trinajstić information content (AvgIpc) is 3.54. The fourth-order valence-electron chi connectivity index (χ4n) is 7.51. The summed E-state index contributed by atoms with van der Waals surface area (Å²) in [6, 6.07) is 72.1. The number of hydrogen-bond acceptors (Lipinski definition) is 1. The van der Waals surface area contributed by atoms with Gasteiger partial charge in [0, 0.05) is 27.7 Å². The number of anilines is 3. The van der Waals surface area contributed by atoms with Gasteiger partial charge in [-0.3, -0.25) is 0 Å². The Labute approximate surface area is 299 Å². The number of aryl methyl sites for hydroxylation is 1. The molecule has 0 N–H and O–H groups in total. The van der Waals surface area contributed by atoms with Gasteiger partial charge in [0.15, 0.2) is 0 Å². The molecule has 242 valence electrons. The predicted molar refractivity (Wildman–Crippen MR) is 217 cm³/mol. The van der Waals surface area contributed by atoms with E-state index in [0.29, 0.717) is 0 Å². The summed E-state index contributed by atoms with van der Waals surface area (Å²) in [5.41, 5.74) is 15.4. The lowest BCUT2D eigenvalue weighted by Gasteiger charge is -2.27. The van der Waals surface area contributed by atoms with Crippen LogP contribution in [0.25, 0.3) is 60.9 Å². The van der Waals surface area contributed by atoms with Gasteiger partial charge in [-0.15, -0.1) is 0 Å². The maximum Gasteiger partial charge on any atom is 0.0562 e. The number of nitrogens with zero attached hydrogens (tertiary/aromatic N) is 2. The molecule has 0 fully saturated rings. The van der Waals surface area contributed by atoms with E-state index in [4.69, 9.17) is 0 Å². The van der Waals surface area contributed by atoms with Crippen molar-refractivity contribution in [2.24, 2.45) is 0 Å². The first-order chi connectivity index (χ1) is 25.2. The monoisotopic (exact) mass is 652 g/mol.